The molecule has 11 aromatic carbocycles. The number of nitrogens with zero attached hydrogens (tertiary/aromatic N) is 2. The molecular weight excluding hydrogens is 885 g/mol. The van der Waals surface area contributed by atoms with Gasteiger partial charge < -0.3 is 9.13 Å². The first-order valence-electron chi connectivity index (χ1n) is 28.1. The lowest BCUT2D eigenvalue weighted by Gasteiger charge is -2.13. The Hall–Kier alpha value is -8.54. The van der Waals surface area contributed by atoms with E-state index in [0.717, 1.165) is 84.9 Å². The molecule has 0 N–H and O–H groups in total. The fraction of sp³-hybridized carbons (Fsp3) is 0. The average Bonchev–Trinajstić information content (AvgIpc) is 4.47. The standard InChI is InChI=1S/C66H40N2S2/c1-3-17-41(18-4-1)47-27-15-35-61-63(47)53-31-13-29-49(65(53)69-61)43-21-11-23-45(37-43)67-57-33-9-7-25-51(57)55-39-56-52-26-8-10-34-58(52)68(60(56)40-59(55)67)46-24-12-22-44(38-46)50-30-14-32-54-64-48(42-19-5-2-6-20-42)28-16-36-62(64)70-66(50)54/h1-40H/i7D,8D,9D,10D,25D,26D,33D,34D,39D,40D. The molecule has 0 saturated carbocycles. The van der Waals surface area contributed by atoms with Gasteiger partial charge in [-0.25, -0.2) is 0 Å². The largest absolute Gasteiger partial charge is 0.309 e. The van der Waals surface area contributed by atoms with Crippen LogP contribution in [0.1, 0.15) is 13.7 Å². The van der Waals surface area contributed by atoms with Crippen molar-refractivity contribution in [3.63, 3.8) is 0 Å². The van der Waals surface area contributed by atoms with Crippen molar-refractivity contribution in [3.8, 4) is 55.9 Å². The third-order valence-electron chi connectivity index (χ3n) is 13.7. The highest BCUT2D eigenvalue weighted by Gasteiger charge is 2.21. The van der Waals surface area contributed by atoms with Gasteiger partial charge >= 0.3 is 0 Å². The van der Waals surface area contributed by atoms with Crippen molar-refractivity contribution in [2.45, 2.75) is 0 Å². The normalized spacial score (nSPS) is 14.0. The van der Waals surface area contributed by atoms with E-state index in [1.54, 1.807) is 31.8 Å². The van der Waals surface area contributed by atoms with Gasteiger partial charge in [0, 0.05) is 73.3 Å². The molecule has 0 bridgehead atoms. The van der Waals surface area contributed by atoms with Gasteiger partial charge in [-0.1, -0.05) is 182 Å². The quantitative estimate of drug-likeness (QED) is 0.157. The summed E-state index contributed by atoms with van der Waals surface area (Å²) in [5.41, 5.74) is 9.45. The van der Waals surface area contributed by atoms with E-state index in [4.69, 9.17) is 5.48 Å². The van der Waals surface area contributed by atoms with Crippen LogP contribution >= 0.6 is 22.7 Å². The van der Waals surface area contributed by atoms with Crippen LogP contribution < -0.4 is 0 Å². The van der Waals surface area contributed by atoms with Gasteiger partial charge in [-0.05, 0) is 105 Å². The number of rotatable bonds is 6. The lowest BCUT2D eigenvalue weighted by Crippen LogP contribution is -1.96. The van der Waals surface area contributed by atoms with Crippen LogP contribution in [0.2, 0.25) is 0 Å². The monoisotopic (exact) mass is 934 g/mol. The molecule has 4 heteroatoms. The van der Waals surface area contributed by atoms with Crippen molar-refractivity contribution in [1.82, 2.24) is 9.13 Å². The summed E-state index contributed by atoms with van der Waals surface area (Å²) in [6.07, 6.45) is 0. The van der Waals surface area contributed by atoms with E-state index >= 15 is 0 Å². The molecule has 15 rings (SSSR count). The van der Waals surface area contributed by atoms with Crippen LogP contribution in [0.15, 0.2) is 242 Å². The van der Waals surface area contributed by atoms with Gasteiger partial charge in [-0.15, -0.1) is 22.7 Å². The van der Waals surface area contributed by atoms with Crippen molar-refractivity contribution < 1.29 is 13.7 Å². The van der Waals surface area contributed by atoms with Gasteiger partial charge in [0.1, 0.15) is 0 Å². The first kappa shape index (κ1) is 30.8. The predicted octanol–water partition coefficient (Wildman–Crippen LogP) is 19.3. The van der Waals surface area contributed by atoms with E-state index in [1.807, 2.05) is 97.1 Å². The number of para-hydroxylation sites is 2. The molecule has 0 aliphatic heterocycles. The molecule has 0 spiro atoms. The van der Waals surface area contributed by atoms with Crippen molar-refractivity contribution in [3.05, 3.63) is 242 Å². The number of benzene rings is 11. The number of hydrogen-bond donors (Lipinski definition) is 0. The molecule has 0 aliphatic carbocycles. The molecule has 0 radical (unpaired) electrons. The summed E-state index contributed by atoms with van der Waals surface area (Å²) in [6.45, 7) is 0. The van der Waals surface area contributed by atoms with Crippen LogP contribution in [0.5, 0.6) is 0 Å². The minimum absolute atomic E-state index is 0.0347. The molecule has 4 heterocycles. The Balaban J connectivity index is 1.01. The summed E-state index contributed by atoms with van der Waals surface area (Å²) in [4.78, 5) is 0. The van der Waals surface area contributed by atoms with Crippen LogP contribution in [0, 0.1) is 0 Å². The third kappa shape index (κ3) is 5.91. The zero-order valence-corrected chi connectivity index (χ0v) is 38.7. The average molecular weight is 935 g/mol. The maximum absolute atomic E-state index is 10.6. The second-order valence-corrected chi connectivity index (χ2v) is 19.7. The minimum Gasteiger partial charge on any atom is -0.309 e. The van der Waals surface area contributed by atoms with Crippen LogP contribution in [0.3, 0.4) is 0 Å². The number of aromatic nitrogens is 2. The highest BCUT2D eigenvalue weighted by molar-refractivity contribution is 7.27. The molecule has 0 fully saturated rings. The summed E-state index contributed by atoms with van der Waals surface area (Å²) in [7, 11) is 0. The van der Waals surface area contributed by atoms with Gasteiger partial charge in [-0.3, -0.25) is 0 Å². The third-order valence-corrected chi connectivity index (χ3v) is 16.1. The lowest BCUT2D eigenvalue weighted by atomic mass is 9.97. The van der Waals surface area contributed by atoms with E-state index in [2.05, 4.69) is 84.9 Å². The number of hydrogen-bond acceptors (Lipinski definition) is 2. The van der Waals surface area contributed by atoms with Gasteiger partial charge in [0.2, 0.25) is 0 Å². The van der Waals surface area contributed by atoms with Crippen molar-refractivity contribution >= 4 is 107 Å². The van der Waals surface area contributed by atoms with Crippen LogP contribution in [0.4, 0.5) is 0 Å². The Morgan fingerprint density at radius 1 is 0.314 bits per heavy atom. The lowest BCUT2D eigenvalue weighted by molar-refractivity contribution is 1.17. The molecule has 0 amide bonds. The molecule has 0 saturated heterocycles. The van der Waals surface area contributed by atoms with Gasteiger partial charge in [0.15, 0.2) is 0 Å². The maximum Gasteiger partial charge on any atom is 0.0668 e. The van der Waals surface area contributed by atoms with Gasteiger partial charge in [0.05, 0.1) is 35.8 Å². The van der Waals surface area contributed by atoms with Gasteiger partial charge in [0.25, 0.3) is 0 Å². The second-order valence-electron chi connectivity index (χ2n) is 17.6. The molecule has 0 aliphatic rings. The van der Waals surface area contributed by atoms with Crippen LogP contribution in [-0.4, -0.2) is 9.13 Å². The highest BCUT2D eigenvalue weighted by atomic mass is 32.1. The second kappa shape index (κ2) is 15.5. The smallest absolute Gasteiger partial charge is 0.0668 e. The Labute approximate surface area is 425 Å². The number of fused-ring (bicyclic) bond motifs is 12. The van der Waals surface area contributed by atoms with Crippen molar-refractivity contribution in [1.29, 1.82) is 0 Å². The maximum atomic E-state index is 10.6. The zero-order chi connectivity index (χ0) is 54.6. The van der Waals surface area contributed by atoms with E-state index < -0.39 is 24.2 Å². The summed E-state index contributed by atoms with van der Waals surface area (Å²) in [5.74, 6) is 0. The molecule has 15 aromatic rings. The SMILES string of the molecule is [2H]c1c([2H])c([2H])c2c(c1[2H])c1c([2H])c3c4c([2H])c([2H])c([2H])c([2H])c4n(-c4cccc(-c5cccc6c5sc5cccc(-c7ccccc7)c56)c4)c3c([2H])c1n2-c1cccc(-c2cccc3c2sc2cccc(-c4ccccc4)c23)c1. The fourth-order valence-corrected chi connectivity index (χ4v) is 13.2. The molecular formula is C66H40N2S2. The zero-order valence-electron chi connectivity index (χ0n) is 47.0. The van der Waals surface area contributed by atoms with Crippen molar-refractivity contribution in [2.75, 3.05) is 0 Å². The summed E-state index contributed by atoms with van der Waals surface area (Å²) in [5, 5.41) is 4.70. The Morgan fingerprint density at radius 2 is 0.729 bits per heavy atom. The van der Waals surface area contributed by atoms with E-state index in [9.17, 15) is 8.22 Å². The minimum atomic E-state index is -0.501. The predicted molar refractivity (Wildman–Crippen MR) is 303 cm³/mol. The summed E-state index contributed by atoms with van der Waals surface area (Å²) < 4.78 is 103. The molecule has 0 atom stereocenters. The molecule has 4 aromatic heterocycles. The van der Waals surface area contributed by atoms with Gasteiger partial charge in [-0.2, -0.15) is 0 Å². The first-order valence-corrected chi connectivity index (χ1v) is 24.7. The molecule has 0 unspecified atom stereocenters. The van der Waals surface area contributed by atoms with E-state index in [1.165, 1.54) is 0 Å². The summed E-state index contributed by atoms with van der Waals surface area (Å²) in [6, 6.07) is 57.5. The summed E-state index contributed by atoms with van der Waals surface area (Å²) >= 11 is 3.40. The topological polar surface area (TPSA) is 9.86 Å². The Morgan fingerprint density at radius 3 is 1.21 bits per heavy atom. The molecule has 2 nitrogen and oxygen atoms in total. The van der Waals surface area contributed by atoms with E-state index in [0.29, 0.717) is 11.4 Å². The van der Waals surface area contributed by atoms with E-state index in [-0.39, 0.29) is 79.9 Å². The fourth-order valence-electron chi connectivity index (χ4n) is 10.7. The Kier molecular flexibility index (Phi) is 6.81. The van der Waals surface area contributed by atoms with Crippen molar-refractivity contribution in [2.24, 2.45) is 0 Å². The van der Waals surface area contributed by atoms with Crippen LogP contribution in [-0.2, 0) is 0 Å². The molecule has 70 heavy (non-hydrogen) atoms. The number of thiophene rings is 2. The first-order chi connectivity index (χ1) is 38.9. The molecule has 326 valence electrons. The Bertz CT molecular complexity index is 4870. The highest BCUT2D eigenvalue weighted by Crippen LogP contribution is 2.47. The van der Waals surface area contributed by atoms with Crippen LogP contribution in [0.25, 0.3) is 140 Å².